The van der Waals surface area contributed by atoms with Gasteiger partial charge in [0.25, 0.3) is 5.82 Å². The van der Waals surface area contributed by atoms with Crippen molar-refractivity contribution in [3.05, 3.63) is 66.1 Å². The molecule has 1 aromatic heterocycles. The van der Waals surface area contributed by atoms with E-state index in [-0.39, 0.29) is 28.8 Å². The highest BCUT2D eigenvalue weighted by molar-refractivity contribution is 5.97. The van der Waals surface area contributed by atoms with E-state index >= 15 is 0 Å². The van der Waals surface area contributed by atoms with Crippen LogP contribution in [0.1, 0.15) is 35.6 Å². The molecule has 5 nitrogen and oxygen atoms in total. The minimum Gasteiger partial charge on any atom is -1.00 e. The van der Waals surface area contributed by atoms with Crippen molar-refractivity contribution in [2.75, 3.05) is 14.2 Å². The molecule has 2 aromatic carbocycles. The summed E-state index contributed by atoms with van der Waals surface area (Å²) in [5.74, 6) is 2.91. The Bertz CT molecular complexity index is 994. The average molecular weight is 457 g/mol. The predicted octanol–water partition coefficient (Wildman–Crippen LogP) is 0.854. The van der Waals surface area contributed by atoms with Gasteiger partial charge in [-0.2, -0.15) is 0 Å². The molecule has 0 fully saturated rings. The van der Waals surface area contributed by atoms with Gasteiger partial charge in [0.15, 0.2) is 11.7 Å². The molecule has 29 heavy (non-hydrogen) atoms. The molecule has 0 spiro atoms. The maximum Gasteiger partial charge on any atom is 0.257 e. The molecule has 6 heteroatoms. The maximum atomic E-state index is 13.1. The fraction of sp³-hybridized carbons (Fsp3) is 0.304. The summed E-state index contributed by atoms with van der Waals surface area (Å²) < 4.78 is 14.9. The van der Waals surface area contributed by atoms with Crippen molar-refractivity contribution >= 4 is 5.78 Å². The number of fused-ring (bicyclic) bond motifs is 1. The summed E-state index contributed by atoms with van der Waals surface area (Å²) in [7, 11) is 3.30. The number of hydrogen-bond donors (Lipinski definition) is 0. The van der Waals surface area contributed by atoms with Crippen LogP contribution in [-0.2, 0) is 13.0 Å². The molecular weight excluding hydrogens is 432 g/mol. The van der Waals surface area contributed by atoms with E-state index in [1.807, 2.05) is 43.3 Å². The lowest BCUT2D eigenvalue weighted by Crippen LogP contribution is -3.00. The van der Waals surface area contributed by atoms with E-state index in [1.165, 1.54) is 5.82 Å². The van der Waals surface area contributed by atoms with Gasteiger partial charge in [-0.1, -0.05) is 0 Å². The summed E-state index contributed by atoms with van der Waals surface area (Å²) >= 11 is 0. The number of aromatic nitrogens is 2. The van der Waals surface area contributed by atoms with Gasteiger partial charge >= 0.3 is 0 Å². The summed E-state index contributed by atoms with van der Waals surface area (Å²) in [6.45, 7) is 2.96. The number of carbonyl (C=O) groups is 1. The van der Waals surface area contributed by atoms with Crippen LogP contribution in [0.15, 0.2) is 54.7 Å². The van der Waals surface area contributed by atoms with Gasteiger partial charge in [0, 0.05) is 11.1 Å². The van der Waals surface area contributed by atoms with Crippen LogP contribution in [0.4, 0.5) is 0 Å². The van der Waals surface area contributed by atoms with Gasteiger partial charge in [-0.15, -0.1) is 0 Å². The zero-order chi connectivity index (χ0) is 19.7. The second-order valence-corrected chi connectivity index (χ2v) is 7.09. The van der Waals surface area contributed by atoms with Crippen LogP contribution in [0, 0.1) is 0 Å². The number of ether oxygens (including phenoxy) is 2. The van der Waals surface area contributed by atoms with Crippen molar-refractivity contribution in [1.82, 2.24) is 4.57 Å². The normalized spacial score (nSPS) is 13.3. The minimum absolute atomic E-state index is 0. The Morgan fingerprint density at radius 3 is 2.17 bits per heavy atom. The molecule has 0 amide bonds. The second-order valence-electron chi connectivity index (χ2n) is 7.09. The number of imidazole rings is 1. The Morgan fingerprint density at radius 2 is 1.59 bits per heavy atom. The third-order valence-corrected chi connectivity index (χ3v) is 5.50. The molecule has 1 aliphatic heterocycles. The van der Waals surface area contributed by atoms with Gasteiger partial charge < -0.3 is 26.5 Å². The number of methoxy groups -OCH3 is 2. The van der Waals surface area contributed by atoms with E-state index in [4.69, 9.17) is 9.47 Å². The lowest BCUT2D eigenvalue weighted by molar-refractivity contribution is -0.710. The number of nitrogens with zero attached hydrogens (tertiary/aromatic N) is 2. The topological polar surface area (TPSA) is 44.3 Å². The molecular formula is C23H25BrN2O3. The number of carbonyl (C=O) groups excluding carboxylic acids is 1. The fourth-order valence-corrected chi connectivity index (χ4v) is 3.91. The molecule has 152 valence electrons. The standard InChI is InChI=1S/C23H25N2O3.BrH/c1-16(23(26)18-8-12-20(28-3)13-9-18)25-15-21(24-14-4-5-22(24)25)17-6-10-19(27-2)11-7-17;/h6-13,15-16H,4-5,14H2,1-3H3;1H/q+1;/p-1. The average Bonchev–Trinajstić information content (AvgIpc) is 3.36. The van der Waals surface area contributed by atoms with Crippen LogP contribution in [0.2, 0.25) is 0 Å². The Morgan fingerprint density at radius 1 is 1.00 bits per heavy atom. The van der Waals surface area contributed by atoms with Gasteiger partial charge in [-0.25, -0.2) is 9.13 Å². The van der Waals surface area contributed by atoms with Crippen LogP contribution in [-0.4, -0.2) is 24.6 Å². The van der Waals surface area contributed by atoms with E-state index in [9.17, 15) is 4.79 Å². The van der Waals surface area contributed by atoms with Crippen molar-refractivity contribution in [2.24, 2.45) is 0 Å². The zero-order valence-corrected chi connectivity index (χ0v) is 18.5. The second kappa shape index (κ2) is 8.82. The first-order valence-corrected chi connectivity index (χ1v) is 9.58. The predicted molar refractivity (Wildman–Crippen MR) is 107 cm³/mol. The largest absolute Gasteiger partial charge is 1.00 e. The maximum absolute atomic E-state index is 13.1. The molecule has 1 unspecified atom stereocenters. The molecule has 2 heterocycles. The lowest BCUT2D eigenvalue weighted by Gasteiger charge is -2.09. The summed E-state index contributed by atoms with van der Waals surface area (Å²) in [4.78, 5) is 13.1. The molecule has 0 radical (unpaired) electrons. The molecule has 0 bridgehead atoms. The summed E-state index contributed by atoms with van der Waals surface area (Å²) in [5, 5.41) is 0. The number of hydrogen-bond acceptors (Lipinski definition) is 3. The number of benzene rings is 2. The van der Waals surface area contributed by atoms with Gasteiger partial charge in [-0.05, 0) is 61.9 Å². The first-order chi connectivity index (χ1) is 13.6. The lowest BCUT2D eigenvalue weighted by atomic mass is 10.0. The van der Waals surface area contributed by atoms with Crippen molar-refractivity contribution < 1.29 is 35.8 Å². The SMILES string of the molecule is COc1ccc(C(=O)C(C)[n+]2cc(-c3ccc(OC)cc3)n3c2CCC3)cc1.[Br-]. The number of rotatable bonds is 6. The van der Waals surface area contributed by atoms with Crippen LogP contribution < -0.4 is 31.0 Å². The van der Waals surface area contributed by atoms with Crippen molar-refractivity contribution in [2.45, 2.75) is 32.4 Å². The minimum atomic E-state index is -0.264. The van der Waals surface area contributed by atoms with E-state index in [2.05, 4.69) is 27.5 Å². The van der Waals surface area contributed by atoms with Crippen molar-refractivity contribution in [3.63, 3.8) is 0 Å². The van der Waals surface area contributed by atoms with E-state index in [0.29, 0.717) is 5.56 Å². The smallest absolute Gasteiger partial charge is 0.257 e. The van der Waals surface area contributed by atoms with Crippen molar-refractivity contribution in [1.29, 1.82) is 0 Å². The molecule has 4 rings (SSSR count). The quantitative estimate of drug-likeness (QED) is 0.408. The highest BCUT2D eigenvalue weighted by atomic mass is 79.9. The zero-order valence-electron chi connectivity index (χ0n) is 16.9. The van der Waals surface area contributed by atoms with Gasteiger partial charge in [0.2, 0.25) is 5.78 Å². The Labute approximate surface area is 181 Å². The Balaban J connectivity index is 0.00000240. The van der Waals surface area contributed by atoms with Crippen LogP contribution in [0.25, 0.3) is 11.3 Å². The summed E-state index contributed by atoms with van der Waals surface area (Å²) in [5.41, 5.74) is 2.97. The van der Waals surface area contributed by atoms with Crippen molar-refractivity contribution in [3.8, 4) is 22.8 Å². The molecule has 3 aromatic rings. The molecule has 1 aliphatic rings. The Hall–Kier alpha value is -2.60. The first-order valence-electron chi connectivity index (χ1n) is 9.58. The highest BCUT2D eigenvalue weighted by Crippen LogP contribution is 2.28. The van der Waals surface area contributed by atoms with Crippen LogP contribution >= 0.6 is 0 Å². The van der Waals surface area contributed by atoms with Gasteiger partial charge in [0.05, 0.1) is 27.2 Å². The third kappa shape index (κ3) is 3.94. The fourth-order valence-electron chi connectivity index (χ4n) is 3.91. The van der Waals surface area contributed by atoms with Crippen LogP contribution in [0.5, 0.6) is 11.5 Å². The molecule has 0 saturated carbocycles. The molecule has 0 saturated heterocycles. The van der Waals surface area contributed by atoms with E-state index in [1.54, 1.807) is 14.2 Å². The number of Topliss-reactive ketones (excluding diaryl/α,β-unsaturated/α-hetero) is 1. The van der Waals surface area contributed by atoms with Crippen LogP contribution in [0.3, 0.4) is 0 Å². The number of halogens is 1. The molecule has 0 N–H and O–H groups in total. The summed E-state index contributed by atoms with van der Waals surface area (Å²) in [6.07, 6.45) is 4.20. The van der Waals surface area contributed by atoms with E-state index in [0.717, 1.165) is 42.1 Å². The number of ketones is 1. The third-order valence-electron chi connectivity index (χ3n) is 5.50. The molecule has 0 aliphatic carbocycles. The summed E-state index contributed by atoms with van der Waals surface area (Å²) in [6, 6.07) is 15.1. The monoisotopic (exact) mass is 456 g/mol. The molecule has 1 atom stereocenters. The van der Waals surface area contributed by atoms with Gasteiger partial charge in [0.1, 0.15) is 17.7 Å². The Kier molecular flexibility index (Phi) is 6.42. The highest BCUT2D eigenvalue weighted by Gasteiger charge is 2.33. The van der Waals surface area contributed by atoms with E-state index < -0.39 is 0 Å². The first kappa shape index (κ1) is 21.1. The van der Waals surface area contributed by atoms with Gasteiger partial charge in [-0.3, -0.25) is 4.79 Å².